The fourth-order valence-electron chi connectivity index (χ4n) is 4.31. The third-order valence-electron chi connectivity index (χ3n) is 6.36. The van der Waals surface area contributed by atoms with Gasteiger partial charge in [-0.1, -0.05) is 90.3 Å². The summed E-state index contributed by atoms with van der Waals surface area (Å²) in [4.78, 5) is 28.8. The van der Waals surface area contributed by atoms with Gasteiger partial charge in [-0.25, -0.2) is 8.42 Å². The lowest BCUT2D eigenvalue weighted by Crippen LogP contribution is -2.52. The highest BCUT2D eigenvalue weighted by atomic mass is 79.9. The second-order valence-corrected chi connectivity index (χ2v) is 12.2. The third kappa shape index (κ3) is 8.16. The van der Waals surface area contributed by atoms with E-state index in [0.717, 1.165) is 28.3 Å². The molecule has 0 unspecified atom stereocenters. The first-order valence-corrected chi connectivity index (χ1v) is 15.4. The molecule has 0 saturated carbocycles. The summed E-state index contributed by atoms with van der Waals surface area (Å²) in [6.07, 6.45) is 2.15. The van der Waals surface area contributed by atoms with E-state index in [1.54, 1.807) is 42.5 Å². The lowest BCUT2D eigenvalue weighted by molar-refractivity contribution is -0.140. The molecule has 7 nitrogen and oxygen atoms in total. The van der Waals surface area contributed by atoms with Gasteiger partial charge in [0.1, 0.15) is 12.6 Å². The number of benzene rings is 3. The number of rotatable bonds is 13. The molecule has 2 amide bonds. The highest BCUT2D eigenvalue weighted by Crippen LogP contribution is 2.27. The number of amides is 2. The number of nitrogens with zero attached hydrogens (tertiary/aromatic N) is 2. The lowest BCUT2D eigenvalue weighted by Gasteiger charge is -2.33. The predicted octanol–water partition coefficient (Wildman–Crippen LogP) is 5.68. The molecule has 3 aromatic carbocycles. The van der Waals surface area contributed by atoms with Crippen LogP contribution in [0.25, 0.3) is 0 Å². The van der Waals surface area contributed by atoms with Gasteiger partial charge in [-0.05, 0) is 55.7 Å². The van der Waals surface area contributed by atoms with E-state index in [4.69, 9.17) is 0 Å². The van der Waals surface area contributed by atoms with Gasteiger partial charge in [0, 0.05) is 17.6 Å². The van der Waals surface area contributed by atoms with Crippen LogP contribution in [-0.4, -0.2) is 44.3 Å². The van der Waals surface area contributed by atoms with Crippen LogP contribution in [0.1, 0.15) is 44.2 Å². The quantitative estimate of drug-likeness (QED) is 0.251. The van der Waals surface area contributed by atoms with Crippen LogP contribution < -0.4 is 9.62 Å². The van der Waals surface area contributed by atoms with E-state index in [9.17, 15) is 18.0 Å². The minimum Gasteiger partial charge on any atom is -0.354 e. The Balaban J connectivity index is 2.02. The highest BCUT2D eigenvalue weighted by molar-refractivity contribution is 9.10. The molecule has 0 aliphatic carbocycles. The summed E-state index contributed by atoms with van der Waals surface area (Å²) in [5.41, 5.74) is 2.24. The van der Waals surface area contributed by atoms with Crippen molar-refractivity contribution < 1.29 is 18.0 Å². The fraction of sp³-hybridized carbons (Fsp3) is 0.333. The SMILES string of the molecule is CCCCNC(=O)[C@H](CC)N(Cc1cccc(C)c1)C(=O)CN(c1cccc(Br)c1)S(=O)(=O)c1ccccc1. The van der Waals surface area contributed by atoms with Crippen molar-refractivity contribution in [2.24, 2.45) is 0 Å². The normalized spacial score (nSPS) is 12.0. The zero-order valence-corrected chi connectivity index (χ0v) is 25.0. The fourth-order valence-corrected chi connectivity index (χ4v) is 6.13. The maximum Gasteiger partial charge on any atom is 0.264 e. The molecular formula is C30H36BrN3O4S. The summed E-state index contributed by atoms with van der Waals surface area (Å²) in [5, 5.41) is 2.94. The molecule has 1 N–H and O–H groups in total. The molecule has 0 aliphatic rings. The Kier molecular flexibility index (Phi) is 11.1. The van der Waals surface area contributed by atoms with Crippen molar-refractivity contribution >= 4 is 43.5 Å². The zero-order valence-electron chi connectivity index (χ0n) is 22.6. The van der Waals surface area contributed by atoms with Crippen molar-refractivity contribution in [3.8, 4) is 0 Å². The minimum absolute atomic E-state index is 0.0763. The number of hydrogen-bond donors (Lipinski definition) is 1. The van der Waals surface area contributed by atoms with Crippen LogP contribution in [0.5, 0.6) is 0 Å². The first kappa shape index (κ1) is 30.4. The number of unbranched alkanes of at least 4 members (excludes halogenated alkanes) is 1. The maximum atomic E-state index is 14.0. The summed E-state index contributed by atoms with van der Waals surface area (Å²) in [5.74, 6) is -0.708. The molecule has 0 aromatic heterocycles. The lowest BCUT2D eigenvalue weighted by atomic mass is 10.1. The van der Waals surface area contributed by atoms with Crippen molar-refractivity contribution in [3.63, 3.8) is 0 Å². The van der Waals surface area contributed by atoms with Crippen LogP contribution in [0, 0.1) is 6.92 Å². The number of nitrogens with one attached hydrogen (secondary N) is 1. The molecule has 208 valence electrons. The van der Waals surface area contributed by atoms with Gasteiger partial charge < -0.3 is 10.2 Å². The van der Waals surface area contributed by atoms with Crippen molar-refractivity contribution in [2.75, 3.05) is 17.4 Å². The smallest absolute Gasteiger partial charge is 0.264 e. The van der Waals surface area contributed by atoms with E-state index in [2.05, 4.69) is 21.2 Å². The largest absolute Gasteiger partial charge is 0.354 e. The molecule has 0 fully saturated rings. The predicted molar refractivity (Wildman–Crippen MR) is 159 cm³/mol. The van der Waals surface area contributed by atoms with Crippen LogP contribution in [0.15, 0.2) is 88.2 Å². The Bertz CT molecular complexity index is 1370. The van der Waals surface area contributed by atoms with E-state index >= 15 is 0 Å². The Morgan fingerprint density at radius 1 is 0.949 bits per heavy atom. The second kappa shape index (κ2) is 14.3. The monoisotopic (exact) mass is 613 g/mol. The summed E-state index contributed by atoms with van der Waals surface area (Å²) >= 11 is 3.41. The number of sulfonamides is 1. The van der Waals surface area contributed by atoms with Crippen molar-refractivity contribution in [1.29, 1.82) is 0 Å². The molecule has 0 aliphatic heterocycles. The van der Waals surface area contributed by atoms with Gasteiger partial charge in [0.05, 0.1) is 10.6 Å². The number of carbonyl (C=O) groups is 2. The highest BCUT2D eigenvalue weighted by Gasteiger charge is 2.33. The van der Waals surface area contributed by atoms with Crippen molar-refractivity contribution in [1.82, 2.24) is 10.2 Å². The summed E-state index contributed by atoms with van der Waals surface area (Å²) in [6, 6.07) is 21.8. The molecule has 9 heteroatoms. The van der Waals surface area contributed by atoms with Gasteiger partial charge in [0.25, 0.3) is 10.0 Å². The Morgan fingerprint density at radius 3 is 2.31 bits per heavy atom. The maximum absolute atomic E-state index is 14.0. The average molecular weight is 615 g/mol. The molecule has 3 aromatic rings. The van der Waals surface area contributed by atoms with Crippen molar-refractivity contribution in [3.05, 3.63) is 94.5 Å². The molecule has 0 spiro atoms. The number of carbonyl (C=O) groups excluding carboxylic acids is 2. The topological polar surface area (TPSA) is 86.8 Å². The van der Waals surface area contributed by atoms with Gasteiger partial charge in [0.2, 0.25) is 11.8 Å². The molecule has 0 saturated heterocycles. The molecule has 39 heavy (non-hydrogen) atoms. The van der Waals surface area contributed by atoms with Crippen LogP contribution in [-0.2, 0) is 26.2 Å². The average Bonchev–Trinajstić information content (AvgIpc) is 2.92. The first-order valence-electron chi connectivity index (χ1n) is 13.1. The van der Waals surface area contributed by atoms with Crippen LogP contribution in [0.2, 0.25) is 0 Å². The van der Waals surface area contributed by atoms with Crippen LogP contribution in [0.3, 0.4) is 0 Å². The van der Waals surface area contributed by atoms with E-state index in [1.807, 2.05) is 45.0 Å². The Labute approximate surface area is 240 Å². The number of halogens is 1. The van der Waals surface area contributed by atoms with Crippen LogP contribution in [0.4, 0.5) is 5.69 Å². The number of anilines is 1. The van der Waals surface area contributed by atoms with E-state index in [0.29, 0.717) is 23.1 Å². The van der Waals surface area contributed by atoms with E-state index in [-0.39, 0.29) is 17.3 Å². The molecule has 0 heterocycles. The van der Waals surface area contributed by atoms with Gasteiger partial charge in [-0.3, -0.25) is 13.9 Å². The van der Waals surface area contributed by atoms with Crippen molar-refractivity contribution in [2.45, 2.75) is 57.5 Å². The number of aryl methyl sites for hydroxylation is 1. The van der Waals surface area contributed by atoms with Crippen LogP contribution >= 0.6 is 15.9 Å². The van der Waals surface area contributed by atoms with E-state index in [1.165, 1.54) is 17.0 Å². The molecule has 1 atom stereocenters. The Morgan fingerprint density at radius 2 is 1.67 bits per heavy atom. The van der Waals surface area contributed by atoms with Gasteiger partial charge >= 0.3 is 0 Å². The summed E-state index contributed by atoms with van der Waals surface area (Å²) in [7, 11) is -4.08. The van der Waals surface area contributed by atoms with Gasteiger partial charge in [0.15, 0.2) is 0 Å². The molecule has 3 rings (SSSR count). The molecular weight excluding hydrogens is 578 g/mol. The Hall–Kier alpha value is -3.17. The number of hydrogen-bond acceptors (Lipinski definition) is 4. The summed E-state index contributed by atoms with van der Waals surface area (Å²) < 4.78 is 29.4. The zero-order chi connectivity index (χ0) is 28.4. The first-order chi connectivity index (χ1) is 18.7. The van der Waals surface area contributed by atoms with E-state index < -0.39 is 28.5 Å². The molecule has 0 bridgehead atoms. The van der Waals surface area contributed by atoms with Gasteiger partial charge in [-0.15, -0.1) is 0 Å². The van der Waals surface area contributed by atoms with Gasteiger partial charge in [-0.2, -0.15) is 0 Å². The third-order valence-corrected chi connectivity index (χ3v) is 8.64. The molecule has 0 radical (unpaired) electrons. The minimum atomic E-state index is -4.08. The standard InChI is InChI=1S/C30H36BrN3O4S/c1-4-6-18-32-30(36)28(5-2)33(21-24-13-10-12-23(3)19-24)29(35)22-34(26-15-11-14-25(31)20-26)39(37,38)27-16-8-7-9-17-27/h7-17,19-20,28H,4-6,18,21-22H2,1-3H3,(H,32,36)/t28-/m0/s1. The second-order valence-electron chi connectivity index (χ2n) is 9.38. The summed E-state index contributed by atoms with van der Waals surface area (Å²) in [6.45, 7) is 6.10.